The zero-order valence-corrected chi connectivity index (χ0v) is 23.0. The molecule has 9 heteroatoms. The Balaban J connectivity index is 1.46. The summed E-state index contributed by atoms with van der Waals surface area (Å²) in [6.07, 6.45) is 0.807. The van der Waals surface area contributed by atoms with Crippen LogP contribution in [0.1, 0.15) is 29.5 Å². The maximum atomic E-state index is 13.8. The van der Waals surface area contributed by atoms with Crippen LogP contribution in [0.25, 0.3) is 0 Å². The largest absolute Gasteiger partial charge is 0.467 e. The van der Waals surface area contributed by atoms with Crippen LogP contribution in [0.3, 0.4) is 0 Å². The van der Waals surface area contributed by atoms with Crippen LogP contribution < -0.4 is 10.6 Å². The van der Waals surface area contributed by atoms with Crippen LogP contribution in [0.4, 0.5) is 4.79 Å². The van der Waals surface area contributed by atoms with E-state index in [0.717, 1.165) is 16.7 Å². The maximum absolute atomic E-state index is 13.8. The van der Waals surface area contributed by atoms with Gasteiger partial charge in [0.2, 0.25) is 11.8 Å². The molecule has 0 spiro atoms. The van der Waals surface area contributed by atoms with E-state index < -0.39 is 36.1 Å². The van der Waals surface area contributed by atoms with Crippen LogP contribution in [0.2, 0.25) is 0 Å². The summed E-state index contributed by atoms with van der Waals surface area (Å²) < 4.78 is 10.3. The fraction of sp³-hybridized carbons (Fsp3) is 0.312. The van der Waals surface area contributed by atoms with E-state index in [9.17, 15) is 19.2 Å². The lowest BCUT2D eigenvalue weighted by molar-refractivity contribution is -0.146. The average Bonchev–Trinajstić information content (AvgIpc) is 3.50. The van der Waals surface area contributed by atoms with E-state index in [2.05, 4.69) is 10.6 Å². The number of carbonyl (C=O) groups excluding carboxylic acids is 4. The molecule has 0 bridgehead atoms. The number of nitrogens with zero attached hydrogens (tertiary/aromatic N) is 1. The van der Waals surface area contributed by atoms with E-state index in [4.69, 9.17) is 9.47 Å². The van der Waals surface area contributed by atoms with Gasteiger partial charge in [0.15, 0.2) is 0 Å². The third kappa shape index (κ3) is 8.41. The zero-order chi connectivity index (χ0) is 29.0. The number of hydrogen-bond acceptors (Lipinski definition) is 6. The van der Waals surface area contributed by atoms with Crippen molar-refractivity contribution in [3.63, 3.8) is 0 Å². The van der Waals surface area contributed by atoms with E-state index in [0.29, 0.717) is 19.4 Å². The SMILES string of the molecule is COC(=O)C(Cc1ccccc1)NC(=O)[C@@H]1CCCN1C(=O)[C@H](Cc1ccccc1)NC(=O)OCc1ccccc1. The monoisotopic (exact) mass is 557 g/mol. The number of likely N-dealkylation sites (tertiary alicyclic amines) is 1. The Labute approximate surface area is 239 Å². The van der Waals surface area contributed by atoms with Gasteiger partial charge in [-0.15, -0.1) is 0 Å². The van der Waals surface area contributed by atoms with Crippen LogP contribution in [0.15, 0.2) is 91.0 Å². The van der Waals surface area contributed by atoms with E-state index in [-0.39, 0.29) is 25.4 Å². The predicted octanol–water partition coefficient (Wildman–Crippen LogP) is 3.42. The predicted molar refractivity (Wildman–Crippen MR) is 153 cm³/mol. The second kappa shape index (κ2) is 14.6. The topological polar surface area (TPSA) is 114 Å². The standard InChI is InChI=1S/C32H35N3O6/c1-40-31(38)27(21-24-14-7-3-8-15-24)33-29(36)28-18-11-19-35(28)30(37)26(20-23-12-5-2-6-13-23)34-32(39)41-22-25-16-9-4-10-17-25/h2-10,12-17,26-28H,11,18-22H2,1H3,(H,33,36)(H,34,39)/t26-,27?,28-/m0/s1. The van der Waals surface area contributed by atoms with Crippen molar-refractivity contribution in [1.29, 1.82) is 0 Å². The minimum absolute atomic E-state index is 0.0595. The Hall–Kier alpha value is -4.66. The second-order valence-corrected chi connectivity index (χ2v) is 9.91. The molecule has 41 heavy (non-hydrogen) atoms. The fourth-order valence-electron chi connectivity index (χ4n) is 4.91. The Bertz CT molecular complexity index is 1300. The number of amides is 3. The third-order valence-electron chi connectivity index (χ3n) is 7.01. The molecule has 0 aromatic heterocycles. The minimum atomic E-state index is -0.949. The molecule has 1 unspecified atom stereocenters. The van der Waals surface area contributed by atoms with Crippen LogP contribution >= 0.6 is 0 Å². The third-order valence-corrected chi connectivity index (χ3v) is 7.01. The molecule has 1 aliphatic heterocycles. The van der Waals surface area contributed by atoms with Gasteiger partial charge >= 0.3 is 12.1 Å². The number of nitrogens with one attached hydrogen (secondary N) is 2. The number of carbonyl (C=O) groups is 4. The van der Waals surface area contributed by atoms with Crippen molar-refractivity contribution in [2.24, 2.45) is 0 Å². The molecule has 1 saturated heterocycles. The summed E-state index contributed by atoms with van der Waals surface area (Å²) in [6.45, 7) is 0.411. The summed E-state index contributed by atoms with van der Waals surface area (Å²) in [6, 6.07) is 25.2. The first-order valence-corrected chi connectivity index (χ1v) is 13.7. The van der Waals surface area contributed by atoms with Crippen molar-refractivity contribution in [1.82, 2.24) is 15.5 Å². The maximum Gasteiger partial charge on any atom is 0.408 e. The minimum Gasteiger partial charge on any atom is -0.467 e. The molecule has 1 heterocycles. The molecule has 4 rings (SSSR count). The Kier molecular flexibility index (Phi) is 10.5. The number of methoxy groups -OCH3 is 1. The van der Waals surface area contributed by atoms with Gasteiger partial charge in [-0.3, -0.25) is 9.59 Å². The van der Waals surface area contributed by atoms with Gasteiger partial charge in [0.25, 0.3) is 0 Å². The van der Waals surface area contributed by atoms with Gasteiger partial charge in [0.05, 0.1) is 7.11 Å². The van der Waals surface area contributed by atoms with Gasteiger partial charge < -0.3 is 25.0 Å². The van der Waals surface area contributed by atoms with E-state index >= 15 is 0 Å². The van der Waals surface area contributed by atoms with Gasteiger partial charge in [0, 0.05) is 19.4 Å². The highest BCUT2D eigenvalue weighted by Gasteiger charge is 2.39. The average molecular weight is 558 g/mol. The number of hydrogen-bond donors (Lipinski definition) is 2. The Morgan fingerprint density at radius 2 is 1.32 bits per heavy atom. The summed E-state index contributed by atoms with van der Waals surface area (Å²) in [5.41, 5.74) is 2.53. The molecule has 9 nitrogen and oxygen atoms in total. The highest BCUT2D eigenvalue weighted by molar-refractivity contribution is 5.93. The number of rotatable bonds is 11. The van der Waals surface area contributed by atoms with Crippen molar-refractivity contribution >= 4 is 23.9 Å². The molecule has 0 aliphatic carbocycles. The quantitative estimate of drug-likeness (QED) is 0.350. The summed E-state index contributed by atoms with van der Waals surface area (Å²) in [7, 11) is 1.27. The molecule has 3 amide bonds. The molecule has 3 atom stereocenters. The van der Waals surface area contributed by atoms with Crippen molar-refractivity contribution in [2.45, 2.75) is 50.4 Å². The highest BCUT2D eigenvalue weighted by Crippen LogP contribution is 2.20. The molecule has 1 fully saturated rings. The molecule has 0 saturated carbocycles. The number of benzene rings is 3. The van der Waals surface area contributed by atoms with Gasteiger partial charge in [-0.05, 0) is 29.5 Å². The highest BCUT2D eigenvalue weighted by atomic mass is 16.5. The molecule has 1 aliphatic rings. The first kappa shape index (κ1) is 29.3. The van der Waals surface area contributed by atoms with Crippen LogP contribution in [0.5, 0.6) is 0 Å². The first-order valence-electron chi connectivity index (χ1n) is 13.7. The lowest BCUT2D eigenvalue weighted by atomic mass is 10.0. The second-order valence-electron chi connectivity index (χ2n) is 9.91. The van der Waals surface area contributed by atoms with Crippen LogP contribution in [0, 0.1) is 0 Å². The first-order chi connectivity index (χ1) is 19.9. The molecule has 214 valence electrons. The lowest BCUT2D eigenvalue weighted by Gasteiger charge is -2.29. The van der Waals surface area contributed by atoms with Crippen molar-refractivity contribution in [3.05, 3.63) is 108 Å². The molecule has 0 radical (unpaired) electrons. The van der Waals surface area contributed by atoms with E-state index in [1.807, 2.05) is 91.0 Å². The molecule has 2 N–H and O–H groups in total. The Morgan fingerprint density at radius 3 is 1.88 bits per heavy atom. The summed E-state index contributed by atoms with van der Waals surface area (Å²) in [5, 5.41) is 5.51. The molecule has 3 aromatic carbocycles. The fourth-order valence-corrected chi connectivity index (χ4v) is 4.91. The van der Waals surface area contributed by atoms with Crippen LogP contribution in [-0.4, -0.2) is 60.6 Å². The van der Waals surface area contributed by atoms with Crippen molar-refractivity contribution < 1.29 is 28.7 Å². The van der Waals surface area contributed by atoms with Crippen molar-refractivity contribution in [2.75, 3.05) is 13.7 Å². The zero-order valence-electron chi connectivity index (χ0n) is 23.0. The number of alkyl carbamates (subject to hydrolysis) is 1. The number of ether oxygens (including phenoxy) is 2. The summed E-state index contributed by atoms with van der Waals surface area (Å²) in [5.74, 6) is -1.39. The Morgan fingerprint density at radius 1 is 0.780 bits per heavy atom. The smallest absolute Gasteiger partial charge is 0.408 e. The molecular formula is C32H35N3O6. The van der Waals surface area contributed by atoms with Crippen molar-refractivity contribution in [3.8, 4) is 0 Å². The van der Waals surface area contributed by atoms with E-state index in [1.165, 1.54) is 12.0 Å². The van der Waals surface area contributed by atoms with Gasteiger partial charge in [-0.1, -0.05) is 91.0 Å². The van der Waals surface area contributed by atoms with Crippen LogP contribution in [-0.2, 0) is 43.3 Å². The molecular weight excluding hydrogens is 522 g/mol. The van der Waals surface area contributed by atoms with Gasteiger partial charge in [-0.2, -0.15) is 0 Å². The molecule has 3 aromatic rings. The van der Waals surface area contributed by atoms with Gasteiger partial charge in [0.1, 0.15) is 24.7 Å². The number of esters is 1. The lowest BCUT2D eigenvalue weighted by Crippen LogP contribution is -2.56. The summed E-state index contributed by atoms with van der Waals surface area (Å²) >= 11 is 0. The summed E-state index contributed by atoms with van der Waals surface area (Å²) in [4.78, 5) is 54.0. The van der Waals surface area contributed by atoms with Gasteiger partial charge in [-0.25, -0.2) is 9.59 Å². The normalized spacial score (nSPS) is 15.8. The van der Waals surface area contributed by atoms with E-state index in [1.54, 1.807) is 0 Å².